The largest absolute Gasteiger partial charge is 0.481 e. The lowest BCUT2D eigenvalue weighted by atomic mass is 10.0. The van der Waals surface area contributed by atoms with Crippen LogP contribution in [0.5, 0.6) is 0 Å². The lowest BCUT2D eigenvalue weighted by Gasteiger charge is -2.31. The van der Waals surface area contributed by atoms with E-state index in [1.807, 2.05) is 30.3 Å². The molecule has 8 nitrogen and oxygen atoms in total. The van der Waals surface area contributed by atoms with Crippen molar-refractivity contribution in [3.8, 4) is 0 Å². The van der Waals surface area contributed by atoms with E-state index < -0.39 is 42.2 Å². The predicted octanol–water partition coefficient (Wildman–Crippen LogP) is 4.71. The van der Waals surface area contributed by atoms with Gasteiger partial charge in [-0.2, -0.15) is 0 Å². The molecule has 0 aromatic heterocycles. The molecule has 1 aliphatic heterocycles. The van der Waals surface area contributed by atoms with Gasteiger partial charge in [0.15, 0.2) is 6.17 Å². The fourth-order valence-corrected chi connectivity index (χ4v) is 4.89. The molecule has 0 aliphatic carbocycles. The van der Waals surface area contributed by atoms with E-state index >= 15 is 0 Å². The first-order chi connectivity index (χ1) is 19.1. The van der Waals surface area contributed by atoms with E-state index in [1.54, 1.807) is 0 Å². The lowest BCUT2D eigenvalue weighted by molar-refractivity contribution is -0.142. The minimum Gasteiger partial charge on any atom is -0.481 e. The molecule has 2 N–H and O–H groups in total. The van der Waals surface area contributed by atoms with Crippen molar-refractivity contribution in [1.82, 2.24) is 15.1 Å². The van der Waals surface area contributed by atoms with E-state index in [0.717, 1.165) is 17.7 Å². The Bertz CT molecular complexity index is 1400. The van der Waals surface area contributed by atoms with Gasteiger partial charge >= 0.3 is 5.97 Å². The summed E-state index contributed by atoms with van der Waals surface area (Å²) in [5.41, 5.74) is 1.48. The molecule has 2 unspecified atom stereocenters. The molecule has 208 valence electrons. The average Bonchev–Trinajstić information content (AvgIpc) is 3.39. The van der Waals surface area contributed by atoms with Crippen molar-refractivity contribution < 1.29 is 28.7 Å². The van der Waals surface area contributed by atoms with Crippen molar-refractivity contribution >= 4 is 46.9 Å². The van der Waals surface area contributed by atoms with Crippen LogP contribution in [0.2, 0.25) is 10.0 Å². The molecule has 1 saturated heterocycles. The molecule has 3 aromatic carbocycles. The number of carboxylic acid groups (broad SMARTS) is 1. The van der Waals surface area contributed by atoms with E-state index in [1.165, 1.54) is 40.1 Å². The Morgan fingerprint density at radius 2 is 1.60 bits per heavy atom. The summed E-state index contributed by atoms with van der Waals surface area (Å²) in [5.74, 6) is -3.35. The second kappa shape index (κ2) is 12.9. The summed E-state index contributed by atoms with van der Waals surface area (Å²) < 4.78 is 13.5. The van der Waals surface area contributed by atoms with Crippen molar-refractivity contribution in [3.63, 3.8) is 0 Å². The van der Waals surface area contributed by atoms with Crippen LogP contribution < -0.4 is 5.32 Å². The standard InChI is InChI=1S/C29H26Cl2FN3O5/c30-22-12-9-20(16-23(22)31)29(40)35-15-14-34(25(36)13-6-18-4-2-1-3-5-18)28(35)27(39)33-24(17-26(37)38)19-7-10-21(32)11-8-19/h1-5,7-12,16,24,28H,6,13-15,17H2,(H,33,39)(H,37,38). The number of hydrogen-bond donors (Lipinski definition) is 2. The van der Waals surface area contributed by atoms with E-state index in [0.29, 0.717) is 12.0 Å². The molecule has 4 rings (SSSR count). The molecule has 0 spiro atoms. The third-order valence-corrected chi connectivity index (χ3v) is 7.33. The molecular formula is C29H26Cl2FN3O5. The van der Waals surface area contributed by atoms with Gasteiger partial charge in [0, 0.05) is 25.1 Å². The minimum absolute atomic E-state index is 0.0639. The van der Waals surface area contributed by atoms with Crippen LogP contribution in [-0.2, 0) is 20.8 Å². The van der Waals surface area contributed by atoms with Crippen molar-refractivity contribution in [3.05, 3.63) is 105 Å². The first kappa shape index (κ1) is 29.0. The Balaban J connectivity index is 1.62. The Morgan fingerprint density at radius 1 is 0.925 bits per heavy atom. The van der Waals surface area contributed by atoms with Crippen LogP contribution in [0.25, 0.3) is 0 Å². The Morgan fingerprint density at radius 3 is 2.25 bits per heavy atom. The Labute approximate surface area is 240 Å². The minimum atomic E-state index is -1.35. The normalized spacial score (nSPS) is 15.5. The van der Waals surface area contributed by atoms with Crippen LogP contribution in [-0.4, -0.2) is 57.9 Å². The highest BCUT2D eigenvalue weighted by molar-refractivity contribution is 6.42. The summed E-state index contributed by atoms with van der Waals surface area (Å²) in [6, 6.07) is 17.7. The third-order valence-electron chi connectivity index (χ3n) is 6.59. The molecule has 2 atom stereocenters. The smallest absolute Gasteiger partial charge is 0.305 e. The Kier molecular flexibility index (Phi) is 9.39. The fraction of sp³-hybridized carbons (Fsp3) is 0.241. The fourth-order valence-electron chi connectivity index (χ4n) is 4.59. The number of carbonyl (C=O) groups is 4. The molecule has 3 aromatic rings. The van der Waals surface area contributed by atoms with Crippen LogP contribution in [0.1, 0.15) is 40.4 Å². The number of carbonyl (C=O) groups excluding carboxylic acids is 3. The van der Waals surface area contributed by atoms with Gasteiger partial charge in [0.1, 0.15) is 5.82 Å². The van der Waals surface area contributed by atoms with Crippen LogP contribution in [0.15, 0.2) is 72.8 Å². The number of benzene rings is 3. The maximum absolute atomic E-state index is 13.7. The number of carboxylic acids is 1. The zero-order valence-corrected chi connectivity index (χ0v) is 22.7. The second-order valence-electron chi connectivity index (χ2n) is 9.28. The SMILES string of the molecule is O=C(O)CC(NC(=O)C1N(C(=O)CCc2ccccc2)CCN1C(=O)c1ccc(Cl)c(Cl)c1)c1ccc(F)cc1. The number of aliphatic carboxylic acids is 1. The number of halogens is 3. The molecular weight excluding hydrogens is 560 g/mol. The van der Waals surface area contributed by atoms with Crippen LogP contribution >= 0.6 is 23.2 Å². The maximum Gasteiger partial charge on any atom is 0.305 e. The molecule has 0 bridgehead atoms. The lowest BCUT2D eigenvalue weighted by Crippen LogP contribution is -2.54. The number of rotatable bonds is 9. The summed E-state index contributed by atoms with van der Waals surface area (Å²) in [6.45, 7) is 0.160. The Hall–Kier alpha value is -3.95. The zero-order valence-electron chi connectivity index (χ0n) is 21.2. The number of amides is 3. The molecule has 0 saturated carbocycles. The molecule has 1 fully saturated rings. The van der Waals surface area contributed by atoms with Gasteiger partial charge in [-0.15, -0.1) is 0 Å². The highest BCUT2D eigenvalue weighted by Gasteiger charge is 2.43. The van der Waals surface area contributed by atoms with Crippen molar-refractivity contribution in [2.24, 2.45) is 0 Å². The van der Waals surface area contributed by atoms with Gasteiger partial charge in [-0.05, 0) is 47.9 Å². The van der Waals surface area contributed by atoms with Gasteiger partial charge in [0.05, 0.1) is 22.5 Å². The van der Waals surface area contributed by atoms with Crippen molar-refractivity contribution in [1.29, 1.82) is 0 Å². The molecule has 11 heteroatoms. The van der Waals surface area contributed by atoms with Crippen LogP contribution in [0.3, 0.4) is 0 Å². The monoisotopic (exact) mass is 585 g/mol. The molecule has 3 amide bonds. The molecule has 1 heterocycles. The van der Waals surface area contributed by atoms with Gasteiger partial charge in [0.2, 0.25) is 5.91 Å². The quantitative estimate of drug-likeness (QED) is 0.378. The third kappa shape index (κ3) is 6.97. The van der Waals surface area contributed by atoms with Crippen LogP contribution in [0, 0.1) is 5.82 Å². The van der Waals surface area contributed by atoms with Gasteiger partial charge in [-0.1, -0.05) is 65.7 Å². The summed E-state index contributed by atoms with van der Waals surface area (Å²) in [5, 5.41) is 12.5. The van der Waals surface area contributed by atoms with Gasteiger partial charge in [-0.3, -0.25) is 19.2 Å². The highest BCUT2D eigenvalue weighted by atomic mass is 35.5. The van der Waals surface area contributed by atoms with E-state index in [9.17, 15) is 28.7 Å². The van der Waals surface area contributed by atoms with Crippen molar-refractivity contribution in [2.75, 3.05) is 13.1 Å². The zero-order chi connectivity index (χ0) is 28.8. The van der Waals surface area contributed by atoms with Gasteiger partial charge in [0.25, 0.3) is 11.8 Å². The summed E-state index contributed by atoms with van der Waals surface area (Å²) in [4.78, 5) is 54.7. The number of hydrogen-bond acceptors (Lipinski definition) is 4. The number of aryl methyl sites for hydroxylation is 1. The number of nitrogens with zero attached hydrogens (tertiary/aromatic N) is 2. The average molecular weight is 586 g/mol. The van der Waals surface area contributed by atoms with Gasteiger partial charge < -0.3 is 20.2 Å². The molecule has 0 radical (unpaired) electrons. The van der Waals surface area contributed by atoms with E-state index in [2.05, 4.69) is 5.32 Å². The topological polar surface area (TPSA) is 107 Å². The first-order valence-electron chi connectivity index (χ1n) is 12.5. The van der Waals surface area contributed by atoms with Crippen molar-refractivity contribution in [2.45, 2.75) is 31.5 Å². The first-order valence-corrected chi connectivity index (χ1v) is 13.3. The van der Waals surface area contributed by atoms with Crippen LogP contribution in [0.4, 0.5) is 4.39 Å². The summed E-state index contributed by atoms with van der Waals surface area (Å²) >= 11 is 12.1. The molecule has 1 aliphatic rings. The summed E-state index contributed by atoms with van der Waals surface area (Å²) in [7, 11) is 0. The van der Waals surface area contributed by atoms with E-state index in [4.69, 9.17) is 23.2 Å². The predicted molar refractivity (Wildman–Crippen MR) is 147 cm³/mol. The van der Waals surface area contributed by atoms with E-state index in [-0.39, 0.29) is 41.0 Å². The maximum atomic E-state index is 13.7. The second-order valence-corrected chi connectivity index (χ2v) is 10.1. The highest BCUT2D eigenvalue weighted by Crippen LogP contribution is 2.27. The number of nitrogens with one attached hydrogen (secondary N) is 1. The molecule has 40 heavy (non-hydrogen) atoms. The summed E-state index contributed by atoms with van der Waals surface area (Å²) in [6.07, 6.45) is -1.31. The van der Waals surface area contributed by atoms with Gasteiger partial charge in [-0.25, -0.2) is 4.39 Å².